The summed E-state index contributed by atoms with van der Waals surface area (Å²) in [6.07, 6.45) is -0.577. The highest BCUT2D eigenvalue weighted by atomic mass is 16.5. The van der Waals surface area contributed by atoms with Gasteiger partial charge in [0.25, 0.3) is 5.91 Å². The van der Waals surface area contributed by atoms with E-state index in [1.165, 1.54) is 0 Å². The maximum atomic E-state index is 12.9. The van der Waals surface area contributed by atoms with Crippen LogP contribution in [0.5, 0.6) is 23.0 Å². The molecule has 0 spiro atoms. The summed E-state index contributed by atoms with van der Waals surface area (Å²) in [5.74, 6) is 3.57. The van der Waals surface area contributed by atoms with Crippen molar-refractivity contribution in [1.82, 2.24) is 15.1 Å². The van der Waals surface area contributed by atoms with Gasteiger partial charge in [-0.15, -0.1) is 10.2 Å². The van der Waals surface area contributed by atoms with E-state index in [9.17, 15) is 4.79 Å². The Bertz CT molecular complexity index is 1150. The number of hydrogen-bond acceptors (Lipinski definition) is 8. The van der Waals surface area contributed by atoms with Crippen molar-refractivity contribution in [3.8, 4) is 34.3 Å². The summed E-state index contributed by atoms with van der Waals surface area (Å²) < 4.78 is 22.1. The first-order valence-electron chi connectivity index (χ1n) is 12.0. The van der Waals surface area contributed by atoms with Gasteiger partial charge < -0.3 is 28.7 Å². The summed E-state index contributed by atoms with van der Waals surface area (Å²) in [6.45, 7) is 6.82. The number of hydrogen-bond donors (Lipinski definition) is 0. The zero-order valence-electron chi connectivity index (χ0n) is 21.1. The minimum Gasteiger partial charge on any atom is -0.497 e. The van der Waals surface area contributed by atoms with E-state index in [0.717, 1.165) is 22.9 Å². The minimum atomic E-state index is -0.577. The summed E-state index contributed by atoms with van der Waals surface area (Å²) >= 11 is 0. The van der Waals surface area contributed by atoms with Crippen LogP contribution in [0.1, 0.15) is 13.8 Å². The van der Waals surface area contributed by atoms with Crippen LogP contribution in [-0.2, 0) is 4.79 Å². The number of benzene rings is 2. The Balaban J connectivity index is 1.33. The van der Waals surface area contributed by atoms with E-state index in [1.54, 1.807) is 21.1 Å². The SMILES string of the molecule is CCOc1ccc(OC(C)C(=O)N2CCN(c3ccc(-c4cc(OC)ccc4OC)nn3)CC2)cc1. The van der Waals surface area contributed by atoms with E-state index < -0.39 is 6.10 Å². The second-order valence-electron chi connectivity index (χ2n) is 8.32. The molecule has 0 radical (unpaired) electrons. The van der Waals surface area contributed by atoms with Crippen LogP contribution in [0, 0.1) is 0 Å². The van der Waals surface area contributed by atoms with Crippen molar-refractivity contribution in [3.05, 3.63) is 54.6 Å². The predicted octanol–water partition coefficient (Wildman–Crippen LogP) is 3.68. The topological polar surface area (TPSA) is 86.3 Å². The number of anilines is 1. The lowest BCUT2D eigenvalue weighted by molar-refractivity contribution is -0.138. The normalized spacial score (nSPS) is 14.2. The molecule has 2 aromatic carbocycles. The number of piperazine rings is 1. The first-order chi connectivity index (χ1) is 17.5. The Morgan fingerprint density at radius 1 is 0.889 bits per heavy atom. The lowest BCUT2D eigenvalue weighted by Gasteiger charge is -2.36. The molecule has 1 atom stereocenters. The van der Waals surface area contributed by atoms with Crippen molar-refractivity contribution < 1.29 is 23.7 Å². The zero-order valence-corrected chi connectivity index (χ0v) is 21.1. The van der Waals surface area contributed by atoms with Gasteiger partial charge in [-0.2, -0.15) is 0 Å². The molecular weight excluding hydrogens is 460 g/mol. The molecule has 190 valence electrons. The Hall–Kier alpha value is -4.01. The van der Waals surface area contributed by atoms with Crippen LogP contribution in [0.3, 0.4) is 0 Å². The molecule has 3 aromatic rings. The molecule has 1 aromatic heterocycles. The number of carbonyl (C=O) groups excluding carboxylic acids is 1. The molecule has 1 fully saturated rings. The molecule has 0 aliphatic carbocycles. The van der Waals surface area contributed by atoms with Gasteiger partial charge in [0.2, 0.25) is 0 Å². The Kier molecular flexibility index (Phi) is 8.10. The Labute approximate surface area is 211 Å². The largest absolute Gasteiger partial charge is 0.497 e. The van der Waals surface area contributed by atoms with Crippen molar-refractivity contribution in [3.63, 3.8) is 0 Å². The quantitative estimate of drug-likeness (QED) is 0.447. The summed E-state index contributed by atoms with van der Waals surface area (Å²) in [7, 11) is 3.25. The van der Waals surface area contributed by atoms with Crippen LogP contribution >= 0.6 is 0 Å². The average molecular weight is 493 g/mol. The van der Waals surface area contributed by atoms with Gasteiger partial charge in [-0.25, -0.2) is 0 Å². The number of carbonyl (C=O) groups is 1. The van der Waals surface area contributed by atoms with Gasteiger partial charge in [-0.3, -0.25) is 4.79 Å². The molecule has 1 aliphatic heterocycles. The maximum Gasteiger partial charge on any atom is 0.263 e. The fourth-order valence-corrected chi connectivity index (χ4v) is 4.10. The third-order valence-electron chi connectivity index (χ3n) is 6.04. The number of amides is 1. The first-order valence-corrected chi connectivity index (χ1v) is 12.0. The molecular formula is C27H32N4O5. The van der Waals surface area contributed by atoms with Crippen molar-refractivity contribution >= 4 is 11.7 Å². The highest BCUT2D eigenvalue weighted by molar-refractivity contribution is 5.81. The highest BCUT2D eigenvalue weighted by Gasteiger charge is 2.27. The van der Waals surface area contributed by atoms with Crippen LogP contribution in [0.4, 0.5) is 5.82 Å². The van der Waals surface area contributed by atoms with Crippen molar-refractivity contribution in [2.45, 2.75) is 20.0 Å². The molecule has 0 N–H and O–H groups in total. The lowest BCUT2D eigenvalue weighted by Crippen LogP contribution is -2.52. The lowest BCUT2D eigenvalue weighted by atomic mass is 10.1. The summed E-state index contributed by atoms with van der Waals surface area (Å²) in [4.78, 5) is 16.9. The molecule has 1 aliphatic rings. The van der Waals surface area contributed by atoms with Crippen LogP contribution < -0.4 is 23.8 Å². The second kappa shape index (κ2) is 11.6. The molecule has 2 heterocycles. The number of aromatic nitrogens is 2. The minimum absolute atomic E-state index is 0.0323. The van der Waals surface area contributed by atoms with Gasteiger partial charge in [0.1, 0.15) is 23.0 Å². The van der Waals surface area contributed by atoms with Crippen molar-refractivity contribution in [1.29, 1.82) is 0 Å². The third-order valence-corrected chi connectivity index (χ3v) is 6.04. The summed E-state index contributed by atoms with van der Waals surface area (Å²) in [5.41, 5.74) is 1.51. The molecule has 4 rings (SSSR count). The highest BCUT2D eigenvalue weighted by Crippen LogP contribution is 2.32. The Morgan fingerprint density at radius 2 is 1.58 bits per heavy atom. The van der Waals surface area contributed by atoms with Crippen molar-refractivity contribution in [2.75, 3.05) is 51.9 Å². The molecule has 1 saturated heterocycles. The molecule has 1 amide bonds. The van der Waals surface area contributed by atoms with Gasteiger partial charge in [-0.05, 0) is 68.4 Å². The molecule has 1 unspecified atom stereocenters. The van der Waals surface area contributed by atoms with E-state index in [4.69, 9.17) is 18.9 Å². The average Bonchev–Trinajstić information content (AvgIpc) is 2.93. The summed E-state index contributed by atoms with van der Waals surface area (Å²) in [5, 5.41) is 8.85. The molecule has 36 heavy (non-hydrogen) atoms. The molecule has 0 saturated carbocycles. The maximum absolute atomic E-state index is 12.9. The smallest absolute Gasteiger partial charge is 0.263 e. The first kappa shape index (κ1) is 25.1. The fourth-order valence-electron chi connectivity index (χ4n) is 4.10. The fraction of sp³-hybridized carbons (Fsp3) is 0.370. The molecule has 9 nitrogen and oxygen atoms in total. The Morgan fingerprint density at radius 3 is 2.19 bits per heavy atom. The van der Waals surface area contributed by atoms with E-state index in [-0.39, 0.29) is 5.91 Å². The summed E-state index contributed by atoms with van der Waals surface area (Å²) in [6, 6.07) is 16.7. The van der Waals surface area contributed by atoms with Gasteiger partial charge in [0.15, 0.2) is 11.9 Å². The van der Waals surface area contributed by atoms with Crippen molar-refractivity contribution in [2.24, 2.45) is 0 Å². The number of ether oxygens (including phenoxy) is 4. The standard InChI is InChI=1S/C27H32N4O5/c1-5-35-20-6-8-21(9-7-20)36-19(2)27(32)31-16-14-30(15-17-31)26-13-11-24(28-29-26)23-18-22(33-3)10-12-25(23)34-4/h6-13,18-19H,5,14-17H2,1-4H3. The monoisotopic (exact) mass is 492 g/mol. The van der Waals surface area contributed by atoms with Gasteiger partial charge in [0.05, 0.1) is 26.5 Å². The van der Waals surface area contributed by atoms with E-state index in [1.807, 2.05) is 66.4 Å². The predicted molar refractivity (Wildman–Crippen MR) is 137 cm³/mol. The van der Waals surface area contributed by atoms with Gasteiger partial charge >= 0.3 is 0 Å². The number of rotatable bonds is 9. The number of nitrogens with zero attached hydrogens (tertiary/aromatic N) is 4. The van der Waals surface area contributed by atoms with E-state index in [0.29, 0.717) is 50.0 Å². The number of methoxy groups -OCH3 is 2. The van der Waals surface area contributed by atoms with Crippen LogP contribution in [0.25, 0.3) is 11.3 Å². The van der Waals surface area contributed by atoms with Crippen LogP contribution in [0.15, 0.2) is 54.6 Å². The third kappa shape index (κ3) is 5.79. The van der Waals surface area contributed by atoms with E-state index >= 15 is 0 Å². The van der Waals surface area contributed by atoms with Crippen LogP contribution in [-0.4, -0.2) is 74.1 Å². The van der Waals surface area contributed by atoms with Gasteiger partial charge in [0, 0.05) is 31.7 Å². The van der Waals surface area contributed by atoms with Gasteiger partial charge in [-0.1, -0.05) is 0 Å². The van der Waals surface area contributed by atoms with E-state index in [2.05, 4.69) is 15.1 Å². The van der Waals surface area contributed by atoms with Crippen LogP contribution in [0.2, 0.25) is 0 Å². The molecule has 0 bridgehead atoms. The zero-order chi connectivity index (χ0) is 25.5. The second-order valence-corrected chi connectivity index (χ2v) is 8.32. The molecule has 9 heteroatoms.